The number of carboxylic acid groups (broad SMARTS) is 1. The summed E-state index contributed by atoms with van der Waals surface area (Å²) in [6.07, 6.45) is 0. The fourth-order valence-corrected chi connectivity index (χ4v) is 2.10. The molecule has 1 aromatic carbocycles. The van der Waals surface area contributed by atoms with Crippen molar-refractivity contribution in [1.82, 2.24) is 4.98 Å². The first kappa shape index (κ1) is 15.4. The Morgan fingerprint density at radius 1 is 1.23 bits per heavy atom. The molecule has 7 heteroatoms. The lowest BCUT2D eigenvalue weighted by atomic mass is 10.1. The van der Waals surface area contributed by atoms with Gasteiger partial charge in [-0.2, -0.15) is 0 Å². The Kier molecular flexibility index (Phi) is 4.07. The Bertz CT molecular complexity index is 763. The summed E-state index contributed by atoms with van der Waals surface area (Å²) in [6, 6.07) is 7.14. The summed E-state index contributed by atoms with van der Waals surface area (Å²) in [4.78, 5) is 27.3. The minimum atomic E-state index is -1.52. The van der Waals surface area contributed by atoms with Gasteiger partial charge in [-0.25, -0.2) is 4.79 Å². The monoisotopic (exact) mass is 304 g/mol. The highest BCUT2D eigenvalue weighted by atomic mass is 16.5. The van der Waals surface area contributed by atoms with Crippen molar-refractivity contribution in [2.75, 3.05) is 26.1 Å². The molecular weight excluding hydrogens is 288 g/mol. The number of aromatic amines is 1. The van der Waals surface area contributed by atoms with E-state index in [1.165, 1.54) is 7.11 Å². The number of nitrogens with zero attached hydrogens (tertiary/aromatic N) is 1. The van der Waals surface area contributed by atoms with Crippen LogP contribution >= 0.6 is 0 Å². The summed E-state index contributed by atoms with van der Waals surface area (Å²) < 4.78 is 5.06. The van der Waals surface area contributed by atoms with Gasteiger partial charge in [0.2, 0.25) is 0 Å². The summed E-state index contributed by atoms with van der Waals surface area (Å²) in [5.74, 6) is -2.30. The Balaban J connectivity index is 2.65. The van der Waals surface area contributed by atoms with Crippen LogP contribution in [-0.2, 0) is 0 Å². The van der Waals surface area contributed by atoms with Crippen LogP contribution in [0.1, 0.15) is 10.4 Å². The van der Waals surface area contributed by atoms with Gasteiger partial charge in [-0.3, -0.25) is 4.79 Å². The van der Waals surface area contributed by atoms with Gasteiger partial charge in [0.05, 0.1) is 12.8 Å². The third-order valence-corrected chi connectivity index (χ3v) is 3.23. The molecule has 0 aliphatic rings. The molecule has 0 aliphatic carbocycles. The molecule has 0 unspecified atom stereocenters. The average Bonchev–Trinajstić information content (AvgIpc) is 2.46. The van der Waals surface area contributed by atoms with Crippen LogP contribution in [0.25, 0.3) is 11.3 Å². The summed E-state index contributed by atoms with van der Waals surface area (Å²) >= 11 is 0. The second-order valence-corrected chi connectivity index (χ2v) is 4.83. The van der Waals surface area contributed by atoms with Gasteiger partial charge in [0, 0.05) is 25.3 Å². The third-order valence-electron chi connectivity index (χ3n) is 3.23. The first-order valence-electron chi connectivity index (χ1n) is 6.41. The normalized spacial score (nSPS) is 10.3. The highest BCUT2D eigenvalue weighted by Crippen LogP contribution is 2.36. The van der Waals surface area contributed by atoms with Gasteiger partial charge in [-0.1, -0.05) is 12.1 Å². The van der Waals surface area contributed by atoms with Gasteiger partial charge in [-0.15, -0.1) is 0 Å². The first-order chi connectivity index (χ1) is 10.4. The number of methoxy groups -OCH3 is 1. The lowest BCUT2D eigenvalue weighted by molar-refractivity contribution is 0.0691. The summed E-state index contributed by atoms with van der Waals surface area (Å²) in [5, 5.41) is 19.0. The zero-order chi connectivity index (χ0) is 16.4. The molecule has 1 heterocycles. The van der Waals surface area contributed by atoms with Crippen molar-refractivity contribution in [1.29, 1.82) is 0 Å². The number of hydrogen-bond donors (Lipinski definition) is 3. The maximum absolute atomic E-state index is 11.9. The van der Waals surface area contributed by atoms with Crippen LogP contribution in [0, 0.1) is 0 Å². The lowest BCUT2D eigenvalue weighted by Crippen LogP contribution is -2.19. The summed E-state index contributed by atoms with van der Waals surface area (Å²) in [5.41, 5.74) is 0.131. The van der Waals surface area contributed by atoms with Crippen LogP contribution in [0.4, 0.5) is 5.69 Å². The van der Waals surface area contributed by atoms with E-state index in [9.17, 15) is 14.7 Å². The van der Waals surface area contributed by atoms with E-state index in [1.54, 1.807) is 12.1 Å². The third kappa shape index (κ3) is 2.60. The number of aromatic nitrogens is 1. The highest BCUT2D eigenvalue weighted by Gasteiger charge is 2.23. The number of anilines is 1. The van der Waals surface area contributed by atoms with Gasteiger partial charge in [-0.05, 0) is 12.1 Å². The van der Waals surface area contributed by atoms with Crippen molar-refractivity contribution in [2.24, 2.45) is 0 Å². The van der Waals surface area contributed by atoms with E-state index in [0.29, 0.717) is 5.56 Å². The van der Waals surface area contributed by atoms with E-state index in [-0.39, 0.29) is 11.4 Å². The van der Waals surface area contributed by atoms with Crippen LogP contribution < -0.4 is 15.2 Å². The van der Waals surface area contributed by atoms with Crippen molar-refractivity contribution in [3.05, 3.63) is 40.2 Å². The minimum absolute atomic E-state index is 0.0883. The van der Waals surface area contributed by atoms with Crippen molar-refractivity contribution in [3.8, 4) is 22.8 Å². The molecular formula is C15H16N2O5. The van der Waals surface area contributed by atoms with E-state index in [1.807, 2.05) is 31.1 Å². The number of nitrogens with one attached hydrogen (secondary N) is 1. The van der Waals surface area contributed by atoms with E-state index >= 15 is 0 Å². The molecule has 116 valence electrons. The van der Waals surface area contributed by atoms with E-state index in [0.717, 1.165) is 5.69 Å². The zero-order valence-corrected chi connectivity index (χ0v) is 12.4. The van der Waals surface area contributed by atoms with Crippen molar-refractivity contribution in [2.45, 2.75) is 0 Å². The Morgan fingerprint density at radius 2 is 1.82 bits per heavy atom. The predicted octanol–water partition coefficient (Wildman–Crippen LogP) is 1.52. The molecule has 2 rings (SSSR count). The van der Waals surface area contributed by atoms with Crippen LogP contribution in [0.2, 0.25) is 0 Å². The zero-order valence-electron chi connectivity index (χ0n) is 12.4. The van der Waals surface area contributed by atoms with Gasteiger partial charge in [0.25, 0.3) is 5.56 Å². The summed E-state index contributed by atoms with van der Waals surface area (Å²) in [7, 11) is 5.08. The fraction of sp³-hybridized carbons (Fsp3) is 0.200. The van der Waals surface area contributed by atoms with Gasteiger partial charge >= 0.3 is 5.97 Å². The highest BCUT2D eigenvalue weighted by molar-refractivity contribution is 5.92. The number of aromatic carboxylic acids is 1. The number of carboxylic acids is 1. The smallest absolute Gasteiger partial charge is 0.345 e. The molecule has 0 atom stereocenters. The number of benzene rings is 1. The second kappa shape index (κ2) is 5.80. The van der Waals surface area contributed by atoms with Crippen LogP contribution in [0.15, 0.2) is 29.1 Å². The lowest BCUT2D eigenvalue weighted by Gasteiger charge is -2.14. The van der Waals surface area contributed by atoms with E-state index in [2.05, 4.69) is 4.98 Å². The quantitative estimate of drug-likeness (QED) is 0.791. The number of ether oxygens (including phenoxy) is 1. The number of hydrogen-bond acceptors (Lipinski definition) is 5. The number of carbonyl (C=O) groups is 1. The van der Waals surface area contributed by atoms with Crippen LogP contribution in [-0.4, -0.2) is 42.4 Å². The maximum atomic E-state index is 11.9. The molecule has 1 aromatic heterocycles. The molecule has 0 bridgehead atoms. The Hall–Kier alpha value is -2.96. The molecule has 3 N–H and O–H groups in total. The van der Waals surface area contributed by atoms with Crippen LogP contribution in [0.5, 0.6) is 11.5 Å². The molecule has 0 radical (unpaired) electrons. The standard InChI is InChI=1S/C15H16N2O5/c1-17(2)9-6-4-8(5-7-9)11-13(22-3)12(18)10(15(20)21)14(19)16-11/h4-7H,1-3H3,(H,20,21)(H2,16,18,19). The van der Waals surface area contributed by atoms with Crippen LogP contribution in [0.3, 0.4) is 0 Å². The number of rotatable bonds is 4. The number of pyridine rings is 1. The molecule has 0 saturated carbocycles. The van der Waals surface area contributed by atoms with E-state index in [4.69, 9.17) is 9.84 Å². The van der Waals surface area contributed by atoms with Gasteiger partial charge < -0.3 is 24.8 Å². The predicted molar refractivity (Wildman–Crippen MR) is 82.0 cm³/mol. The van der Waals surface area contributed by atoms with E-state index < -0.39 is 22.8 Å². The summed E-state index contributed by atoms with van der Waals surface area (Å²) in [6.45, 7) is 0. The first-order valence-corrected chi connectivity index (χ1v) is 6.41. The molecule has 2 aromatic rings. The topological polar surface area (TPSA) is 103 Å². The Morgan fingerprint density at radius 3 is 2.27 bits per heavy atom. The van der Waals surface area contributed by atoms with Crippen molar-refractivity contribution >= 4 is 11.7 Å². The molecule has 7 nitrogen and oxygen atoms in total. The minimum Gasteiger partial charge on any atom is -0.503 e. The second-order valence-electron chi connectivity index (χ2n) is 4.83. The number of H-pyrrole nitrogens is 1. The number of aromatic hydroxyl groups is 1. The largest absolute Gasteiger partial charge is 0.503 e. The average molecular weight is 304 g/mol. The van der Waals surface area contributed by atoms with Crippen molar-refractivity contribution in [3.63, 3.8) is 0 Å². The maximum Gasteiger partial charge on any atom is 0.345 e. The van der Waals surface area contributed by atoms with Gasteiger partial charge in [0.15, 0.2) is 17.1 Å². The molecule has 0 fully saturated rings. The van der Waals surface area contributed by atoms with Gasteiger partial charge in [0.1, 0.15) is 0 Å². The molecule has 22 heavy (non-hydrogen) atoms. The fourth-order valence-electron chi connectivity index (χ4n) is 2.10. The molecule has 0 amide bonds. The Labute approximate surface area is 126 Å². The molecule has 0 spiro atoms. The molecule has 0 saturated heterocycles. The SMILES string of the molecule is COc1c(-c2ccc(N(C)C)cc2)[nH]c(=O)c(C(=O)O)c1O. The van der Waals surface area contributed by atoms with Crippen molar-refractivity contribution < 1.29 is 19.7 Å². The molecule has 0 aliphatic heterocycles.